The number of imidazole rings is 1. The molecule has 0 bridgehead atoms. The van der Waals surface area contributed by atoms with Crippen molar-refractivity contribution in [3.8, 4) is 17.1 Å². The lowest BCUT2D eigenvalue weighted by Gasteiger charge is -2.09. The van der Waals surface area contributed by atoms with Crippen molar-refractivity contribution in [2.75, 3.05) is 0 Å². The molecule has 108 valence electrons. The van der Waals surface area contributed by atoms with Crippen molar-refractivity contribution in [1.82, 2.24) is 14.4 Å². The van der Waals surface area contributed by atoms with E-state index in [0.717, 1.165) is 0 Å². The number of pyridine rings is 2. The summed E-state index contributed by atoms with van der Waals surface area (Å²) in [5.74, 6) is -0.311. The van der Waals surface area contributed by atoms with Gasteiger partial charge >= 0.3 is 6.36 Å². The SMILES string of the molecule is FC(F)(F)Oc1ccn2c(-c3cccc(Br)n3)cnc2c1. The van der Waals surface area contributed by atoms with Gasteiger partial charge in [0.1, 0.15) is 16.0 Å². The number of hydrogen-bond donors (Lipinski definition) is 0. The second-order valence-corrected chi connectivity index (χ2v) is 4.94. The van der Waals surface area contributed by atoms with E-state index < -0.39 is 6.36 Å². The first-order chi connectivity index (χ1) is 9.92. The highest BCUT2D eigenvalue weighted by molar-refractivity contribution is 9.10. The molecule has 8 heteroatoms. The second kappa shape index (κ2) is 5.03. The van der Waals surface area contributed by atoms with Gasteiger partial charge in [-0.1, -0.05) is 6.07 Å². The van der Waals surface area contributed by atoms with Crippen LogP contribution in [0.5, 0.6) is 5.75 Å². The largest absolute Gasteiger partial charge is 0.573 e. The Morgan fingerprint density at radius 3 is 2.71 bits per heavy atom. The number of fused-ring (bicyclic) bond motifs is 1. The third-order valence-corrected chi connectivity index (χ3v) is 3.14. The maximum Gasteiger partial charge on any atom is 0.573 e. The lowest BCUT2D eigenvalue weighted by atomic mass is 10.3. The van der Waals surface area contributed by atoms with E-state index in [4.69, 9.17) is 0 Å². The van der Waals surface area contributed by atoms with Gasteiger partial charge in [-0.2, -0.15) is 0 Å². The van der Waals surface area contributed by atoms with E-state index in [1.807, 2.05) is 6.07 Å². The van der Waals surface area contributed by atoms with Crippen LogP contribution in [0.3, 0.4) is 0 Å². The summed E-state index contributed by atoms with van der Waals surface area (Å²) in [7, 11) is 0. The number of hydrogen-bond acceptors (Lipinski definition) is 3. The zero-order valence-electron chi connectivity index (χ0n) is 10.3. The van der Waals surface area contributed by atoms with E-state index >= 15 is 0 Å². The summed E-state index contributed by atoms with van der Waals surface area (Å²) in [5.41, 5.74) is 1.67. The molecule has 0 unspecified atom stereocenters. The van der Waals surface area contributed by atoms with E-state index in [9.17, 15) is 13.2 Å². The summed E-state index contributed by atoms with van der Waals surface area (Å²) in [6.07, 6.45) is -1.72. The summed E-state index contributed by atoms with van der Waals surface area (Å²) in [6, 6.07) is 7.82. The quantitative estimate of drug-likeness (QED) is 0.649. The van der Waals surface area contributed by atoms with Gasteiger partial charge in [0, 0.05) is 12.3 Å². The lowest BCUT2D eigenvalue weighted by molar-refractivity contribution is -0.274. The monoisotopic (exact) mass is 357 g/mol. The average molecular weight is 358 g/mol. The zero-order valence-corrected chi connectivity index (χ0v) is 11.9. The summed E-state index contributed by atoms with van der Waals surface area (Å²) in [6.45, 7) is 0. The first-order valence-corrected chi connectivity index (χ1v) is 6.57. The Balaban J connectivity index is 2.04. The number of halogens is 4. The van der Waals surface area contributed by atoms with Gasteiger partial charge in [0.05, 0.1) is 17.6 Å². The first-order valence-electron chi connectivity index (χ1n) is 5.78. The minimum absolute atomic E-state index is 0.311. The molecule has 0 spiro atoms. The molecular formula is C13H7BrF3N3O. The van der Waals surface area contributed by atoms with Crippen LogP contribution >= 0.6 is 15.9 Å². The van der Waals surface area contributed by atoms with Crippen molar-refractivity contribution < 1.29 is 17.9 Å². The molecule has 3 heterocycles. The summed E-state index contributed by atoms with van der Waals surface area (Å²) in [4.78, 5) is 8.37. The van der Waals surface area contributed by atoms with Crippen LogP contribution in [0.15, 0.2) is 47.3 Å². The molecule has 3 rings (SSSR count). The molecule has 0 N–H and O–H groups in total. The maximum absolute atomic E-state index is 12.2. The fourth-order valence-electron chi connectivity index (χ4n) is 1.90. The van der Waals surface area contributed by atoms with Crippen LogP contribution in [0, 0.1) is 0 Å². The van der Waals surface area contributed by atoms with Gasteiger partial charge in [-0.3, -0.25) is 4.40 Å². The van der Waals surface area contributed by atoms with Crippen molar-refractivity contribution in [2.24, 2.45) is 0 Å². The molecule has 0 atom stereocenters. The van der Waals surface area contributed by atoms with Crippen LogP contribution in [0.4, 0.5) is 13.2 Å². The van der Waals surface area contributed by atoms with Gasteiger partial charge in [0.15, 0.2) is 0 Å². The van der Waals surface area contributed by atoms with Gasteiger partial charge in [0.25, 0.3) is 0 Å². The fraction of sp³-hybridized carbons (Fsp3) is 0.0769. The van der Waals surface area contributed by atoms with Crippen molar-refractivity contribution in [2.45, 2.75) is 6.36 Å². The van der Waals surface area contributed by atoms with Gasteiger partial charge in [-0.05, 0) is 34.1 Å². The molecule has 0 aliphatic heterocycles. The highest BCUT2D eigenvalue weighted by Crippen LogP contribution is 2.26. The Bertz CT molecular complexity index is 801. The van der Waals surface area contributed by atoms with Gasteiger partial charge in [0.2, 0.25) is 0 Å². The molecule has 0 saturated carbocycles. The summed E-state index contributed by atoms with van der Waals surface area (Å²) in [5, 5.41) is 0. The third kappa shape index (κ3) is 2.99. The molecular weight excluding hydrogens is 351 g/mol. The van der Waals surface area contributed by atoms with E-state index in [0.29, 0.717) is 21.6 Å². The lowest BCUT2D eigenvalue weighted by Crippen LogP contribution is -2.17. The minimum atomic E-state index is -4.72. The maximum atomic E-state index is 12.2. The smallest absolute Gasteiger partial charge is 0.406 e. The number of alkyl halides is 3. The highest BCUT2D eigenvalue weighted by Gasteiger charge is 2.31. The highest BCUT2D eigenvalue weighted by atomic mass is 79.9. The predicted octanol–water partition coefficient (Wildman–Crippen LogP) is 4.06. The molecule has 3 aromatic rings. The van der Waals surface area contributed by atoms with Gasteiger partial charge in [-0.15, -0.1) is 13.2 Å². The van der Waals surface area contributed by atoms with Crippen LogP contribution in [0.25, 0.3) is 17.0 Å². The van der Waals surface area contributed by atoms with E-state index in [-0.39, 0.29) is 5.75 Å². The molecule has 0 radical (unpaired) electrons. The van der Waals surface area contributed by atoms with Crippen LogP contribution < -0.4 is 4.74 Å². The van der Waals surface area contributed by atoms with Crippen LogP contribution in [-0.2, 0) is 0 Å². The average Bonchev–Trinajstić information content (AvgIpc) is 2.79. The number of nitrogens with zero attached hydrogens (tertiary/aromatic N) is 3. The van der Waals surface area contributed by atoms with Crippen LogP contribution in [-0.4, -0.2) is 20.7 Å². The number of aromatic nitrogens is 3. The zero-order chi connectivity index (χ0) is 15.0. The van der Waals surface area contributed by atoms with Crippen molar-refractivity contribution in [3.63, 3.8) is 0 Å². The molecule has 4 nitrogen and oxygen atoms in total. The minimum Gasteiger partial charge on any atom is -0.406 e. The van der Waals surface area contributed by atoms with Crippen molar-refractivity contribution in [3.05, 3.63) is 47.3 Å². The molecule has 0 fully saturated rings. The normalized spacial score (nSPS) is 11.8. The molecule has 0 amide bonds. The molecule has 0 aliphatic carbocycles. The van der Waals surface area contributed by atoms with Crippen molar-refractivity contribution in [1.29, 1.82) is 0 Å². The fourth-order valence-corrected chi connectivity index (χ4v) is 2.24. The van der Waals surface area contributed by atoms with Crippen LogP contribution in [0.1, 0.15) is 0 Å². The van der Waals surface area contributed by atoms with Gasteiger partial charge < -0.3 is 4.74 Å². The van der Waals surface area contributed by atoms with Gasteiger partial charge in [-0.25, -0.2) is 9.97 Å². The van der Waals surface area contributed by atoms with E-state index in [1.165, 1.54) is 18.3 Å². The number of ether oxygens (including phenoxy) is 1. The second-order valence-electron chi connectivity index (χ2n) is 4.13. The Kier molecular flexibility index (Phi) is 3.32. The molecule has 0 saturated heterocycles. The first kappa shape index (κ1) is 13.9. The molecule has 0 aromatic carbocycles. The topological polar surface area (TPSA) is 39.4 Å². The molecule has 0 aliphatic rings. The Hall–Kier alpha value is -2.09. The Morgan fingerprint density at radius 2 is 2.00 bits per heavy atom. The Morgan fingerprint density at radius 1 is 1.19 bits per heavy atom. The Labute approximate surface area is 125 Å². The standard InChI is InChI=1S/C13H7BrF3N3O/c14-11-3-1-2-9(19-11)10-7-18-12-6-8(4-5-20(10)12)21-13(15,16)17/h1-7H. The third-order valence-electron chi connectivity index (χ3n) is 2.70. The predicted molar refractivity (Wildman–Crippen MR) is 72.8 cm³/mol. The van der Waals surface area contributed by atoms with E-state index in [2.05, 4.69) is 30.6 Å². The summed E-state index contributed by atoms with van der Waals surface area (Å²) < 4.78 is 42.7. The van der Waals surface area contributed by atoms with Crippen LogP contribution in [0.2, 0.25) is 0 Å². The molecule has 21 heavy (non-hydrogen) atoms. The van der Waals surface area contributed by atoms with E-state index in [1.54, 1.807) is 22.7 Å². The summed E-state index contributed by atoms with van der Waals surface area (Å²) >= 11 is 3.27. The number of rotatable bonds is 2. The van der Waals surface area contributed by atoms with Crippen molar-refractivity contribution >= 4 is 21.6 Å². The molecule has 3 aromatic heterocycles.